The van der Waals surface area contributed by atoms with Crippen LogP contribution in [0.1, 0.15) is 43.9 Å². The Morgan fingerprint density at radius 1 is 1.27 bits per heavy atom. The third-order valence-electron chi connectivity index (χ3n) is 4.56. The average Bonchev–Trinajstić information content (AvgIpc) is 2.60. The molecule has 1 aliphatic heterocycles. The molecule has 0 spiro atoms. The van der Waals surface area contributed by atoms with Crippen LogP contribution in [0.2, 0.25) is 0 Å². The fraction of sp³-hybridized carbons (Fsp3) is 0.381. The topological polar surface area (TPSA) is 47.6 Å². The summed E-state index contributed by atoms with van der Waals surface area (Å²) in [6.45, 7) is 4.02. The van der Waals surface area contributed by atoms with Gasteiger partial charge >= 0.3 is 0 Å². The van der Waals surface area contributed by atoms with Gasteiger partial charge in [0.1, 0.15) is 22.9 Å². The second kappa shape index (κ2) is 7.36. The van der Waals surface area contributed by atoms with E-state index in [0.29, 0.717) is 19.3 Å². The maximum absolute atomic E-state index is 13.0. The summed E-state index contributed by atoms with van der Waals surface area (Å²) < 4.78 is 24.3. The van der Waals surface area contributed by atoms with Gasteiger partial charge in [-0.05, 0) is 56.2 Å². The van der Waals surface area contributed by atoms with Crippen molar-refractivity contribution in [1.82, 2.24) is 5.32 Å². The van der Waals surface area contributed by atoms with Gasteiger partial charge in [-0.1, -0.05) is 12.1 Å². The summed E-state index contributed by atoms with van der Waals surface area (Å²) in [6.07, 6.45) is 1.60. The first-order chi connectivity index (χ1) is 12.4. The molecule has 0 fully saturated rings. The Bertz CT molecular complexity index is 786. The van der Waals surface area contributed by atoms with Crippen molar-refractivity contribution in [2.24, 2.45) is 0 Å². The van der Waals surface area contributed by atoms with E-state index in [9.17, 15) is 9.18 Å². The Morgan fingerprint density at radius 3 is 2.69 bits per heavy atom. The van der Waals surface area contributed by atoms with Crippen LogP contribution in [0.25, 0.3) is 0 Å². The molecule has 0 aromatic heterocycles. The van der Waals surface area contributed by atoms with Crippen molar-refractivity contribution in [2.45, 2.75) is 44.8 Å². The van der Waals surface area contributed by atoms with E-state index >= 15 is 0 Å². The van der Waals surface area contributed by atoms with E-state index in [0.717, 1.165) is 22.6 Å². The number of benzene rings is 2. The summed E-state index contributed by atoms with van der Waals surface area (Å²) in [7, 11) is 1.62. The second-order valence-electron chi connectivity index (χ2n) is 7.22. The molecule has 138 valence electrons. The smallest absolute Gasteiger partial charge is 0.220 e. The average molecular weight is 357 g/mol. The number of carbonyl (C=O) groups is 1. The summed E-state index contributed by atoms with van der Waals surface area (Å²) in [5.41, 5.74) is 1.51. The normalized spacial score (nSPS) is 17.8. The van der Waals surface area contributed by atoms with Crippen molar-refractivity contribution >= 4 is 5.91 Å². The van der Waals surface area contributed by atoms with Gasteiger partial charge in [-0.15, -0.1) is 0 Å². The number of nitrogens with one attached hydrogen (secondary N) is 1. The summed E-state index contributed by atoms with van der Waals surface area (Å²) in [6, 6.07) is 11.8. The summed E-state index contributed by atoms with van der Waals surface area (Å²) in [5.74, 6) is 1.20. The van der Waals surface area contributed by atoms with Crippen molar-refractivity contribution in [1.29, 1.82) is 0 Å². The standard InChI is InChI=1S/C21H24FNO3/c1-21(2)13-18(17-12-16(25-3)9-10-19(17)26-21)23-20(24)11-6-14-4-7-15(22)8-5-14/h4-5,7-10,12,18H,6,11,13H2,1-3H3,(H,23,24)/t18-/m1/s1. The number of ether oxygens (including phenoxy) is 2. The highest BCUT2D eigenvalue weighted by atomic mass is 19.1. The van der Waals surface area contributed by atoms with Crippen LogP contribution in [-0.4, -0.2) is 18.6 Å². The molecule has 4 nitrogen and oxygen atoms in total. The molecule has 0 radical (unpaired) electrons. The van der Waals surface area contributed by atoms with Gasteiger partial charge in [0.2, 0.25) is 5.91 Å². The Kier molecular flexibility index (Phi) is 5.16. The number of aryl methyl sites for hydroxylation is 1. The van der Waals surface area contributed by atoms with Gasteiger partial charge in [0.25, 0.3) is 0 Å². The monoisotopic (exact) mass is 357 g/mol. The lowest BCUT2D eigenvalue weighted by molar-refractivity contribution is -0.122. The summed E-state index contributed by atoms with van der Waals surface area (Å²) in [5, 5.41) is 3.12. The lowest BCUT2D eigenvalue weighted by Crippen LogP contribution is -2.41. The molecular weight excluding hydrogens is 333 g/mol. The van der Waals surface area contributed by atoms with Crippen molar-refractivity contribution in [2.75, 3.05) is 7.11 Å². The van der Waals surface area contributed by atoms with E-state index in [4.69, 9.17) is 9.47 Å². The second-order valence-corrected chi connectivity index (χ2v) is 7.22. The van der Waals surface area contributed by atoms with E-state index in [1.165, 1.54) is 12.1 Å². The van der Waals surface area contributed by atoms with Crippen LogP contribution >= 0.6 is 0 Å². The minimum Gasteiger partial charge on any atom is -0.497 e. The third-order valence-corrected chi connectivity index (χ3v) is 4.56. The maximum Gasteiger partial charge on any atom is 0.220 e. The number of carbonyl (C=O) groups excluding carboxylic acids is 1. The molecule has 1 amide bonds. The minimum atomic E-state index is -0.365. The fourth-order valence-corrected chi connectivity index (χ4v) is 3.26. The maximum atomic E-state index is 13.0. The molecular formula is C21H24FNO3. The van der Waals surface area contributed by atoms with E-state index in [-0.39, 0.29) is 23.4 Å². The van der Waals surface area contributed by atoms with Gasteiger partial charge in [-0.2, -0.15) is 0 Å². The molecule has 0 saturated carbocycles. The van der Waals surface area contributed by atoms with Gasteiger partial charge in [0.15, 0.2) is 0 Å². The molecule has 5 heteroatoms. The zero-order chi connectivity index (χ0) is 18.7. The van der Waals surface area contributed by atoms with Crippen LogP contribution < -0.4 is 14.8 Å². The fourth-order valence-electron chi connectivity index (χ4n) is 3.26. The molecule has 26 heavy (non-hydrogen) atoms. The molecule has 1 aliphatic rings. The highest BCUT2D eigenvalue weighted by Crippen LogP contribution is 2.41. The minimum absolute atomic E-state index is 0.0363. The van der Waals surface area contributed by atoms with E-state index < -0.39 is 0 Å². The Balaban J connectivity index is 1.70. The number of fused-ring (bicyclic) bond motifs is 1. The first-order valence-corrected chi connectivity index (χ1v) is 8.77. The van der Waals surface area contributed by atoms with Crippen LogP contribution in [0.4, 0.5) is 4.39 Å². The van der Waals surface area contributed by atoms with Gasteiger partial charge in [-0.3, -0.25) is 4.79 Å². The number of amides is 1. The molecule has 2 aromatic rings. The van der Waals surface area contributed by atoms with Crippen LogP contribution in [0.15, 0.2) is 42.5 Å². The van der Waals surface area contributed by atoms with Crippen molar-refractivity contribution in [3.63, 3.8) is 0 Å². The first-order valence-electron chi connectivity index (χ1n) is 8.77. The van der Waals surface area contributed by atoms with Crippen molar-refractivity contribution in [3.8, 4) is 11.5 Å². The Labute approximate surface area is 153 Å². The zero-order valence-electron chi connectivity index (χ0n) is 15.3. The van der Waals surface area contributed by atoms with Gasteiger partial charge < -0.3 is 14.8 Å². The predicted molar refractivity (Wildman–Crippen MR) is 97.9 cm³/mol. The number of rotatable bonds is 5. The Hall–Kier alpha value is -2.56. The van der Waals surface area contributed by atoms with Crippen LogP contribution in [-0.2, 0) is 11.2 Å². The number of methoxy groups -OCH3 is 1. The van der Waals surface area contributed by atoms with Gasteiger partial charge in [0, 0.05) is 18.4 Å². The molecule has 1 N–H and O–H groups in total. The molecule has 1 heterocycles. The highest BCUT2D eigenvalue weighted by Gasteiger charge is 2.34. The summed E-state index contributed by atoms with van der Waals surface area (Å²) in [4.78, 5) is 12.5. The van der Waals surface area contributed by atoms with E-state index in [2.05, 4.69) is 5.32 Å². The largest absolute Gasteiger partial charge is 0.497 e. The lowest BCUT2D eigenvalue weighted by atomic mass is 9.89. The predicted octanol–water partition coefficient (Wildman–Crippen LogP) is 4.19. The first kappa shape index (κ1) is 18.2. The SMILES string of the molecule is COc1ccc2c(c1)[C@H](NC(=O)CCc1ccc(F)cc1)CC(C)(C)O2. The molecule has 1 atom stereocenters. The molecule has 3 rings (SSSR count). The van der Waals surface area contributed by atoms with Crippen molar-refractivity contribution < 1.29 is 18.7 Å². The zero-order valence-corrected chi connectivity index (χ0v) is 15.3. The number of hydrogen-bond donors (Lipinski definition) is 1. The highest BCUT2D eigenvalue weighted by molar-refractivity contribution is 5.77. The van der Waals surface area contributed by atoms with Crippen LogP contribution in [0.5, 0.6) is 11.5 Å². The quantitative estimate of drug-likeness (QED) is 0.873. The van der Waals surface area contributed by atoms with Crippen molar-refractivity contribution in [3.05, 3.63) is 59.4 Å². The number of halogens is 1. The number of hydrogen-bond acceptors (Lipinski definition) is 3. The Morgan fingerprint density at radius 2 is 2.00 bits per heavy atom. The molecule has 2 aromatic carbocycles. The van der Waals surface area contributed by atoms with E-state index in [1.54, 1.807) is 19.2 Å². The van der Waals surface area contributed by atoms with E-state index in [1.807, 2.05) is 32.0 Å². The molecule has 0 bridgehead atoms. The van der Waals surface area contributed by atoms with Crippen LogP contribution in [0.3, 0.4) is 0 Å². The van der Waals surface area contributed by atoms with Gasteiger partial charge in [0.05, 0.1) is 13.2 Å². The lowest BCUT2D eigenvalue weighted by Gasteiger charge is -2.38. The van der Waals surface area contributed by atoms with Gasteiger partial charge in [-0.25, -0.2) is 4.39 Å². The molecule has 0 saturated heterocycles. The molecule has 0 unspecified atom stereocenters. The van der Waals surface area contributed by atoms with Crippen LogP contribution in [0, 0.1) is 5.82 Å². The third kappa shape index (κ3) is 4.34. The molecule has 0 aliphatic carbocycles. The summed E-state index contributed by atoms with van der Waals surface area (Å²) >= 11 is 0.